The molecule has 1 rings (SSSR count). The summed E-state index contributed by atoms with van der Waals surface area (Å²) in [4.78, 5) is 20.4. The second-order valence-electron chi connectivity index (χ2n) is 3.75. The molecule has 1 atom stereocenters. The summed E-state index contributed by atoms with van der Waals surface area (Å²) in [5.74, 6) is 0. The minimum atomic E-state index is 0.132. The van der Waals surface area contributed by atoms with Crippen molar-refractivity contribution in [1.29, 1.82) is 0 Å². The van der Waals surface area contributed by atoms with Gasteiger partial charge in [0.15, 0.2) is 0 Å². The normalized spacial score (nSPS) is 19.9. The third kappa shape index (κ3) is 3.50. The van der Waals surface area contributed by atoms with Crippen molar-refractivity contribution in [3.63, 3.8) is 0 Å². The summed E-state index contributed by atoms with van der Waals surface area (Å²) in [5.41, 5.74) is 0. The van der Waals surface area contributed by atoms with Gasteiger partial charge in [-0.1, -0.05) is 30.0 Å². The molecule has 88 valence electrons. The standard InChI is InChI=1S/C10H16N4O2/c1-2-3-4-10-7-13(11-8-15)5-6-14(10)12-9-16/h10H,2-7H2,1H3. The van der Waals surface area contributed by atoms with Gasteiger partial charge in [0, 0.05) is 0 Å². The minimum absolute atomic E-state index is 0.132. The molecule has 0 bridgehead atoms. The van der Waals surface area contributed by atoms with Crippen LogP contribution in [0, 0.1) is 0 Å². The summed E-state index contributed by atoms with van der Waals surface area (Å²) in [6.07, 6.45) is 6.19. The van der Waals surface area contributed by atoms with Gasteiger partial charge in [0.2, 0.25) is 0 Å². The number of rotatable bonds is 5. The highest BCUT2D eigenvalue weighted by Gasteiger charge is 2.25. The minimum Gasteiger partial charge on any atom is -0.282 e. The van der Waals surface area contributed by atoms with E-state index in [4.69, 9.17) is 0 Å². The van der Waals surface area contributed by atoms with Crippen LogP contribution in [0.25, 0.3) is 0 Å². The quantitative estimate of drug-likeness (QED) is 0.508. The summed E-state index contributed by atoms with van der Waals surface area (Å²) in [6, 6.07) is 0.132. The van der Waals surface area contributed by atoms with Gasteiger partial charge in [-0.2, -0.15) is 0 Å². The molecule has 0 spiro atoms. The fraction of sp³-hybridized carbons (Fsp3) is 0.800. The number of unbranched alkanes of at least 4 members (excludes halogenated alkanes) is 1. The first-order chi connectivity index (χ1) is 7.81. The first-order valence-electron chi connectivity index (χ1n) is 5.49. The maximum absolute atomic E-state index is 10.3. The van der Waals surface area contributed by atoms with Crippen LogP contribution in [0.3, 0.4) is 0 Å². The molecule has 1 aliphatic rings. The molecular weight excluding hydrogens is 208 g/mol. The number of isocyanates is 2. The van der Waals surface area contributed by atoms with Crippen LogP contribution in [0.2, 0.25) is 0 Å². The summed E-state index contributed by atoms with van der Waals surface area (Å²) in [6.45, 7) is 3.90. The second kappa shape index (κ2) is 6.77. The largest absolute Gasteiger partial charge is 0.282 e. The van der Waals surface area contributed by atoms with Crippen molar-refractivity contribution in [3.05, 3.63) is 0 Å². The molecule has 0 saturated carbocycles. The molecule has 0 radical (unpaired) electrons. The topological polar surface area (TPSA) is 65.3 Å². The maximum Gasteiger partial charge on any atom is 0.258 e. The smallest absolute Gasteiger partial charge is 0.258 e. The van der Waals surface area contributed by atoms with E-state index in [0.29, 0.717) is 19.6 Å². The number of nitrogens with zero attached hydrogens (tertiary/aromatic N) is 4. The van der Waals surface area contributed by atoms with Gasteiger partial charge in [-0.25, -0.2) is 9.59 Å². The predicted octanol–water partition coefficient (Wildman–Crippen LogP) is 0.664. The van der Waals surface area contributed by atoms with E-state index in [1.165, 1.54) is 6.08 Å². The van der Waals surface area contributed by atoms with Crippen LogP contribution in [-0.4, -0.2) is 47.9 Å². The third-order valence-corrected chi connectivity index (χ3v) is 2.67. The van der Waals surface area contributed by atoms with E-state index >= 15 is 0 Å². The first-order valence-corrected chi connectivity index (χ1v) is 5.49. The molecule has 6 nitrogen and oxygen atoms in total. The zero-order valence-electron chi connectivity index (χ0n) is 9.43. The van der Waals surface area contributed by atoms with Crippen LogP contribution in [0.1, 0.15) is 26.2 Å². The van der Waals surface area contributed by atoms with Gasteiger partial charge in [0.25, 0.3) is 12.2 Å². The van der Waals surface area contributed by atoms with Gasteiger partial charge in [0.1, 0.15) is 0 Å². The van der Waals surface area contributed by atoms with Crippen LogP contribution in [0.5, 0.6) is 0 Å². The van der Waals surface area contributed by atoms with E-state index in [0.717, 1.165) is 19.3 Å². The number of hydrazone groups is 2. The zero-order valence-corrected chi connectivity index (χ0v) is 9.43. The number of piperazine rings is 1. The summed E-state index contributed by atoms with van der Waals surface area (Å²) >= 11 is 0. The van der Waals surface area contributed by atoms with Crippen molar-refractivity contribution in [2.24, 2.45) is 10.2 Å². The second-order valence-corrected chi connectivity index (χ2v) is 3.75. The Morgan fingerprint density at radius 2 is 2.00 bits per heavy atom. The van der Waals surface area contributed by atoms with Gasteiger partial charge >= 0.3 is 0 Å². The lowest BCUT2D eigenvalue weighted by Gasteiger charge is -2.36. The summed E-state index contributed by atoms with van der Waals surface area (Å²) < 4.78 is 0. The van der Waals surface area contributed by atoms with E-state index in [-0.39, 0.29) is 6.04 Å². The van der Waals surface area contributed by atoms with Crippen molar-refractivity contribution in [1.82, 2.24) is 10.0 Å². The average Bonchev–Trinajstić information content (AvgIpc) is 2.30. The zero-order chi connectivity index (χ0) is 11.8. The Balaban J connectivity index is 2.60. The van der Waals surface area contributed by atoms with Gasteiger partial charge in [-0.3, -0.25) is 10.0 Å². The molecule has 0 aromatic heterocycles. The molecule has 0 aromatic rings. The Morgan fingerprint density at radius 1 is 1.25 bits per heavy atom. The van der Waals surface area contributed by atoms with Crippen molar-refractivity contribution < 1.29 is 9.59 Å². The molecule has 0 aliphatic carbocycles. The van der Waals surface area contributed by atoms with E-state index in [1.807, 2.05) is 0 Å². The Bertz CT molecular complexity index is 308. The van der Waals surface area contributed by atoms with Crippen LogP contribution >= 0.6 is 0 Å². The molecule has 6 heteroatoms. The molecular formula is C10H16N4O2. The molecule has 0 amide bonds. The molecule has 1 unspecified atom stereocenters. The molecule has 16 heavy (non-hydrogen) atoms. The van der Waals surface area contributed by atoms with Gasteiger partial charge in [0.05, 0.1) is 25.7 Å². The Labute approximate surface area is 94.6 Å². The SMILES string of the molecule is CCCCC1CN(N=C=O)CCN1N=C=O. The highest BCUT2D eigenvalue weighted by atomic mass is 16.1. The third-order valence-electron chi connectivity index (χ3n) is 2.67. The molecule has 1 saturated heterocycles. The molecule has 0 aromatic carbocycles. The van der Waals surface area contributed by atoms with Crippen LogP contribution in [0.4, 0.5) is 0 Å². The molecule has 0 N–H and O–H groups in total. The van der Waals surface area contributed by atoms with E-state index in [9.17, 15) is 9.59 Å². The lowest BCUT2D eigenvalue weighted by Crippen LogP contribution is -2.48. The van der Waals surface area contributed by atoms with Crippen LogP contribution < -0.4 is 0 Å². The first kappa shape index (κ1) is 12.4. The maximum atomic E-state index is 10.3. The van der Waals surface area contributed by atoms with Crippen LogP contribution in [0.15, 0.2) is 10.2 Å². The predicted molar refractivity (Wildman–Crippen MR) is 57.8 cm³/mol. The lowest BCUT2D eigenvalue weighted by atomic mass is 10.1. The Morgan fingerprint density at radius 3 is 2.62 bits per heavy atom. The Hall–Kier alpha value is -1.64. The molecule has 1 aliphatic heterocycles. The highest BCUT2D eigenvalue weighted by Crippen LogP contribution is 2.15. The Kier molecular flexibility index (Phi) is 5.26. The number of hydrogen-bond acceptors (Lipinski definition) is 6. The highest BCUT2D eigenvalue weighted by molar-refractivity contribution is 5.33. The van der Waals surface area contributed by atoms with Crippen molar-refractivity contribution in [2.45, 2.75) is 32.2 Å². The van der Waals surface area contributed by atoms with Crippen LogP contribution in [-0.2, 0) is 9.59 Å². The van der Waals surface area contributed by atoms with Gasteiger partial charge < -0.3 is 0 Å². The summed E-state index contributed by atoms with van der Waals surface area (Å²) in [5, 5.41) is 10.7. The average molecular weight is 224 g/mol. The van der Waals surface area contributed by atoms with Crippen molar-refractivity contribution in [3.8, 4) is 0 Å². The fourth-order valence-electron chi connectivity index (χ4n) is 1.84. The van der Waals surface area contributed by atoms with Gasteiger partial charge in [-0.05, 0) is 6.42 Å². The van der Waals surface area contributed by atoms with Crippen molar-refractivity contribution >= 4 is 12.2 Å². The van der Waals surface area contributed by atoms with Gasteiger partial charge in [-0.15, -0.1) is 0 Å². The van der Waals surface area contributed by atoms with Crippen molar-refractivity contribution in [2.75, 3.05) is 19.6 Å². The van der Waals surface area contributed by atoms with E-state index in [1.54, 1.807) is 16.1 Å². The van der Waals surface area contributed by atoms with E-state index in [2.05, 4.69) is 17.1 Å². The monoisotopic (exact) mass is 224 g/mol. The molecule has 1 heterocycles. The summed E-state index contributed by atoms with van der Waals surface area (Å²) in [7, 11) is 0. The number of carbonyl (C=O) groups excluding carboxylic acids is 2. The number of hydrogen-bond donors (Lipinski definition) is 0. The fourth-order valence-corrected chi connectivity index (χ4v) is 1.84. The van der Waals surface area contributed by atoms with E-state index < -0.39 is 0 Å². The lowest BCUT2D eigenvalue weighted by molar-refractivity contribution is 0.0729. The molecule has 1 fully saturated rings.